The number of nitrogens with one attached hydrogen (secondary N) is 2. The first kappa shape index (κ1) is 11.9. The molecule has 0 aromatic heterocycles. The Labute approximate surface area is 118 Å². The van der Waals surface area contributed by atoms with E-state index in [0.29, 0.717) is 22.3 Å². The van der Waals surface area contributed by atoms with Crippen LogP contribution in [0.3, 0.4) is 0 Å². The summed E-state index contributed by atoms with van der Waals surface area (Å²) < 4.78 is 13.6. The quantitative estimate of drug-likeness (QED) is 0.643. The normalized spacial score (nSPS) is 22.0. The number of carbonyl (C=O) groups is 2. The van der Waals surface area contributed by atoms with Crippen molar-refractivity contribution < 1.29 is 19.1 Å². The van der Waals surface area contributed by atoms with Gasteiger partial charge >= 0.3 is 6.03 Å². The van der Waals surface area contributed by atoms with Crippen molar-refractivity contribution in [3.8, 4) is 16.9 Å². The third-order valence-corrected chi connectivity index (χ3v) is 3.95. The highest BCUT2D eigenvalue weighted by Crippen LogP contribution is 2.49. The number of benzene rings is 2. The molecule has 1 fully saturated rings. The molecule has 0 saturated carbocycles. The lowest BCUT2D eigenvalue weighted by Crippen LogP contribution is -2.43. The van der Waals surface area contributed by atoms with Crippen LogP contribution in [0.15, 0.2) is 36.4 Å². The Balaban J connectivity index is 2.12. The van der Waals surface area contributed by atoms with Crippen LogP contribution in [0.25, 0.3) is 11.1 Å². The van der Waals surface area contributed by atoms with Crippen LogP contribution >= 0.6 is 0 Å². The Morgan fingerprint density at radius 2 is 1.67 bits per heavy atom. The average molecular weight is 284 g/mol. The van der Waals surface area contributed by atoms with Gasteiger partial charge in [-0.3, -0.25) is 10.1 Å². The number of halogens is 1. The van der Waals surface area contributed by atoms with Crippen molar-refractivity contribution in [3.63, 3.8) is 0 Å². The van der Waals surface area contributed by atoms with Gasteiger partial charge < -0.3 is 10.4 Å². The SMILES string of the molecule is O=C1NC(=O)C2(N1)c1cc(O)ccc1-c1ccc(F)cc12. The van der Waals surface area contributed by atoms with Gasteiger partial charge in [-0.05, 0) is 35.4 Å². The number of hydrogen-bond acceptors (Lipinski definition) is 3. The second-order valence-electron chi connectivity index (χ2n) is 5.08. The van der Waals surface area contributed by atoms with Crippen LogP contribution in [0.2, 0.25) is 0 Å². The van der Waals surface area contributed by atoms with Crippen LogP contribution in [-0.4, -0.2) is 17.0 Å². The Hall–Kier alpha value is -2.89. The Bertz CT molecular complexity index is 780. The molecule has 1 spiro atoms. The van der Waals surface area contributed by atoms with Gasteiger partial charge in [-0.2, -0.15) is 0 Å². The third-order valence-electron chi connectivity index (χ3n) is 3.95. The smallest absolute Gasteiger partial charge is 0.322 e. The number of phenols is 1. The van der Waals surface area contributed by atoms with E-state index in [9.17, 15) is 19.1 Å². The number of carbonyl (C=O) groups excluding carboxylic acids is 2. The number of aromatic hydroxyl groups is 1. The highest BCUT2D eigenvalue weighted by Gasteiger charge is 2.55. The number of hydrogen-bond donors (Lipinski definition) is 3. The van der Waals surface area contributed by atoms with E-state index in [1.165, 1.54) is 24.3 Å². The average Bonchev–Trinajstić information content (AvgIpc) is 2.87. The molecule has 1 aliphatic carbocycles. The summed E-state index contributed by atoms with van der Waals surface area (Å²) >= 11 is 0. The molecule has 1 aliphatic heterocycles. The minimum atomic E-state index is -1.48. The van der Waals surface area contributed by atoms with E-state index in [4.69, 9.17) is 0 Å². The molecule has 1 saturated heterocycles. The zero-order chi connectivity index (χ0) is 14.8. The van der Waals surface area contributed by atoms with Crippen LogP contribution in [0.1, 0.15) is 11.1 Å². The molecule has 6 heteroatoms. The molecule has 0 bridgehead atoms. The van der Waals surface area contributed by atoms with Crippen molar-refractivity contribution in [2.75, 3.05) is 0 Å². The second kappa shape index (κ2) is 3.60. The maximum atomic E-state index is 13.6. The van der Waals surface area contributed by atoms with Crippen LogP contribution in [-0.2, 0) is 10.3 Å². The number of urea groups is 1. The second-order valence-corrected chi connectivity index (χ2v) is 5.08. The molecule has 104 valence electrons. The summed E-state index contributed by atoms with van der Waals surface area (Å²) in [7, 11) is 0. The molecule has 21 heavy (non-hydrogen) atoms. The number of phenolic OH excluding ortho intramolecular Hbond substituents is 1. The van der Waals surface area contributed by atoms with E-state index in [2.05, 4.69) is 10.6 Å². The van der Waals surface area contributed by atoms with Crippen LogP contribution in [0, 0.1) is 5.82 Å². The zero-order valence-electron chi connectivity index (χ0n) is 10.6. The fourth-order valence-electron chi connectivity index (χ4n) is 3.12. The molecule has 3 N–H and O–H groups in total. The van der Waals surface area contributed by atoms with Gasteiger partial charge in [0.25, 0.3) is 5.91 Å². The Kier molecular flexibility index (Phi) is 2.04. The van der Waals surface area contributed by atoms with Crippen molar-refractivity contribution in [3.05, 3.63) is 53.3 Å². The maximum Gasteiger partial charge on any atom is 0.322 e. The summed E-state index contributed by atoms with van der Waals surface area (Å²) in [6.07, 6.45) is 0. The van der Waals surface area contributed by atoms with Crippen molar-refractivity contribution in [2.45, 2.75) is 5.54 Å². The summed E-state index contributed by atoms with van der Waals surface area (Å²) in [4.78, 5) is 24.0. The molecule has 4 rings (SSSR count). The lowest BCUT2D eigenvalue weighted by atomic mass is 9.87. The largest absolute Gasteiger partial charge is 0.508 e. The molecule has 1 atom stereocenters. The molecular weight excluding hydrogens is 275 g/mol. The van der Waals surface area contributed by atoms with Crippen LogP contribution in [0.4, 0.5) is 9.18 Å². The van der Waals surface area contributed by atoms with E-state index in [1.54, 1.807) is 12.1 Å². The predicted octanol–water partition coefficient (Wildman–Crippen LogP) is 1.59. The lowest BCUT2D eigenvalue weighted by molar-refractivity contribution is -0.122. The number of amides is 3. The first-order chi connectivity index (χ1) is 10.0. The minimum absolute atomic E-state index is 0.0321. The molecule has 3 amide bonds. The van der Waals surface area contributed by atoms with Gasteiger partial charge in [-0.25, -0.2) is 9.18 Å². The molecule has 2 aliphatic rings. The molecule has 1 heterocycles. The predicted molar refractivity (Wildman–Crippen MR) is 71.0 cm³/mol. The van der Waals surface area contributed by atoms with E-state index in [-0.39, 0.29) is 5.75 Å². The van der Waals surface area contributed by atoms with Gasteiger partial charge in [0.15, 0.2) is 5.54 Å². The van der Waals surface area contributed by atoms with Crippen LogP contribution < -0.4 is 10.6 Å². The van der Waals surface area contributed by atoms with Gasteiger partial charge in [0.1, 0.15) is 11.6 Å². The third kappa shape index (κ3) is 1.33. The summed E-state index contributed by atoms with van der Waals surface area (Å²) in [6.45, 7) is 0. The Morgan fingerprint density at radius 3 is 2.33 bits per heavy atom. The topological polar surface area (TPSA) is 78.4 Å². The first-order valence-corrected chi connectivity index (χ1v) is 6.30. The fraction of sp³-hybridized carbons (Fsp3) is 0.0667. The molecule has 1 unspecified atom stereocenters. The Morgan fingerprint density at radius 1 is 1.00 bits per heavy atom. The van der Waals surface area contributed by atoms with E-state index in [0.717, 1.165) is 0 Å². The lowest BCUT2D eigenvalue weighted by Gasteiger charge is -2.23. The number of imide groups is 1. The summed E-state index contributed by atoms with van der Waals surface area (Å²) in [5.41, 5.74) is 0.657. The van der Waals surface area contributed by atoms with Gasteiger partial charge in [-0.15, -0.1) is 0 Å². The van der Waals surface area contributed by atoms with Crippen molar-refractivity contribution in [2.24, 2.45) is 0 Å². The maximum absolute atomic E-state index is 13.6. The van der Waals surface area contributed by atoms with E-state index in [1.807, 2.05) is 0 Å². The number of fused-ring (bicyclic) bond motifs is 5. The van der Waals surface area contributed by atoms with Gasteiger partial charge in [0.05, 0.1) is 0 Å². The van der Waals surface area contributed by atoms with Crippen molar-refractivity contribution >= 4 is 11.9 Å². The van der Waals surface area contributed by atoms with Crippen LogP contribution in [0.5, 0.6) is 5.75 Å². The van der Waals surface area contributed by atoms with Crippen molar-refractivity contribution in [1.29, 1.82) is 0 Å². The minimum Gasteiger partial charge on any atom is -0.508 e. The van der Waals surface area contributed by atoms with Crippen molar-refractivity contribution in [1.82, 2.24) is 10.6 Å². The van der Waals surface area contributed by atoms with Gasteiger partial charge in [0, 0.05) is 11.1 Å². The summed E-state index contributed by atoms with van der Waals surface area (Å²) in [5.74, 6) is -1.11. The van der Waals surface area contributed by atoms with Gasteiger partial charge in [-0.1, -0.05) is 12.1 Å². The molecule has 5 nitrogen and oxygen atoms in total. The monoisotopic (exact) mass is 284 g/mol. The van der Waals surface area contributed by atoms with Gasteiger partial charge in [0.2, 0.25) is 0 Å². The molecular formula is C15H9FN2O3. The highest BCUT2D eigenvalue weighted by atomic mass is 19.1. The summed E-state index contributed by atoms with van der Waals surface area (Å²) in [6, 6.07) is 7.99. The first-order valence-electron chi connectivity index (χ1n) is 6.30. The number of rotatable bonds is 0. The summed E-state index contributed by atoms with van der Waals surface area (Å²) in [5, 5.41) is 14.5. The molecule has 0 radical (unpaired) electrons. The standard InChI is InChI=1S/C15H9FN2O3/c16-7-1-3-9-10-4-2-8(19)6-12(10)15(11(9)5-7)13(20)17-14(21)18-15/h1-6,19H,(H2,17,18,20,21). The fourth-order valence-corrected chi connectivity index (χ4v) is 3.12. The van der Waals surface area contributed by atoms with E-state index >= 15 is 0 Å². The zero-order valence-corrected chi connectivity index (χ0v) is 10.6. The highest BCUT2D eigenvalue weighted by molar-refractivity contribution is 6.13. The van der Waals surface area contributed by atoms with E-state index < -0.39 is 23.3 Å². The molecule has 2 aromatic rings. The molecule has 2 aromatic carbocycles.